The van der Waals surface area contributed by atoms with E-state index in [0.29, 0.717) is 0 Å². The van der Waals surface area contributed by atoms with Crippen LogP contribution in [0.2, 0.25) is 39.3 Å². The molecule has 1 atom stereocenters. The zero-order chi connectivity index (χ0) is 60.6. The third kappa shape index (κ3) is 7.88. The van der Waals surface area contributed by atoms with Crippen LogP contribution in [0.25, 0.3) is 82.5 Å². The van der Waals surface area contributed by atoms with Crippen LogP contribution < -0.4 is 20.2 Å². The standard InChI is InChI=1S/C81H73N3O2Si2/c1-79(2,3)50-32-36-52(37-33-50)82(54-40-44-56(45-41-54)87(7,8)9)68-48-65-75(78-72(68)60-23-14-19-30-70(60)86-78)74-64(81(65)62-26-16-18-29-67(62)84-66-28-17-13-22-58(66)59-25-21-27-63(81)76(59)84)49-69(77-73(74)61-24-15-20-31-71(61)85-77)83(53-38-34-51(35-39-53)80(4,5)6)55-42-46-57(47-43-55)88(10,11)12/h13-49H,1-12H3. The summed E-state index contributed by atoms with van der Waals surface area (Å²) < 4.78 is 17.8. The van der Waals surface area contributed by atoms with Crippen molar-refractivity contribution in [3.8, 4) is 16.8 Å². The number of aromatic nitrogens is 1. The molecule has 0 saturated heterocycles. The average Bonchev–Trinajstić information content (AvgIpc) is 1.46. The summed E-state index contributed by atoms with van der Waals surface area (Å²) in [6, 6.07) is 85.3. The van der Waals surface area contributed by atoms with Crippen LogP contribution in [0.15, 0.2) is 233 Å². The van der Waals surface area contributed by atoms with Gasteiger partial charge in [-0.25, -0.2) is 0 Å². The first-order chi connectivity index (χ1) is 42.2. The molecular weight excluding hydrogens is 1100 g/mol. The third-order valence-corrected chi connectivity index (χ3v) is 23.5. The second-order valence-corrected chi connectivity index (χ2v) is 39.1. The first kappa shape index (κ1) is 54.3. The lowest BCUT2D eigenvalue weighted by molar-refractivity contribution is 0.590. The van der Waals surface area contributed by atoms with Crippen molar-refractivity contribution in [2.24, 2.45) is 0 Å². The molecule has 3 aromatic heterocycles. The molecule has 1 aliphatic heterocycles. The van der Waals surface area contributed by atoms with Crippen molar-refractivity contribution >= 4 is 126 Å². The zero-order valence-corrected chi connectivity index (χ0v) is 54.5. The number of hydrogen-bond donors (Lipinski definition) is 0. The van der Waals surface area contributed by atoms with Gasteiger partial charge in [0.05, 0.1) is 55.0 Å². The van der Waals surface area contributed by atoms with Crippen molar-refractivity contribution in [1.82, 2.24) is 4.57 Å². The maximum atomic E-state index is 7.72. The molecule has 2 aliphatic rings. The largest absolute Gasteiger partial charge is 0.455 e. The number of para-hydroxylation sites is 5. The summed E-state index contributed by atoms with van der Waals surface area (Å²) >= 11 is 0. The van der Waals surface area contributed by atoms with Crippen molar-refractivity contribution in [3.05, 3.63) is 258 Å². The van der Waals surface area contributed by atoms with Crippen molar-refractivity contribution in [2.45, 2.75) is 97.1 Å². The zero-order valence-electron chi connectivity index (χ0n) is 52.5. The average molecular weight is 1180 g/mol. The molecule has 0 fully saturated rings. The highest BCUT2D eigenvalue weighted by Gasteiger charge is 2.54. The number of nitrogens with zero attached hydrogens (tertiary/aromatic N) is 3. The molecule has 0 bridgehead atoms. The van der Waals surface area contributed by atoms with Gasteiger partial charge in [-0.2, -0.15) is 0 Å². The summed E-state index contributed by atoms with van der Waals surface area (Å²) in [7, 11) is -3.36. The van der Waals surface area contributed by atoms with Crippen LogP contribution in [-0.2, 0) is 16.2 Å². The monoisotopic (exact) mass is 1180 g/mol. The van der Waals surface area contributed by atoms with Gasteiger partial charge in [-0.3, -0.25) is 0 Å². The van der Waals surface area contributed by atoms with Gasteiger partial charge in [0.2, 0.25) is 0 Å². The van der Waals surface area contributed by atoms with Gasteiger partial charge in [0.1, 0.15) is 16.7 Å². The van der Waals surface area contributed by atoms with E-state index in [1.165, 1.54) is 65.6 Å². The molecule has 1 unspecified atom stereocenters. The van der Waals surface area contributed by atoms with Gasteiger partial charge in [-0.05, 0) is 129 Å². The Bertz CT molecular complexity index is 5060. The molecule has 16 rings (SSSR count). The predicted molar refractivity (Wildman–Crippen MR) is 379 cm³/mol. The highest BCUT2D eigenvalue weighted by atomic mass is 28.3. The molecule has 88 heavy (non-hydrogen) atoms. The van der Waals surface area contributed by atoms with Crippen molar-refractivity contribution in [2.75, 3.05) is 9.80 Å². The molecule has 432 valence electrons. The molecule has 0 radical (unpaired) electrons. The minimum atomic E-state index is -1.68. The lowest BCUT2D eigenvalue weighted by atomic mass is 9.65. The Morgan fingerprint density at radius 1 is 0.375 bits per heavy atom. The summed E-state index contributed by atoms with van der Waals surface area (Å²) in [4.78, 5) is 5.00. The van der Waals surface area contributed by atoms with Crippen molar-refractivity contribution in [1.29, 1.82) is 0 Å². The maximum absolute atomic E-state index is 7.72. The molecule has 7 heteroatoms. The Balaban J connectivity index is 1.12. The van der Waals surface area contributed by atoms with Crippen LogP contribution in [0, 0.1) is 0 Å². The number of benzene rings is 11. The molecule has 14 aromatic rings. The topological polar surface area (TPSA) is 37.7 Å². The third-order valence-electron chi connectivity index (χ3n) is 19.4. The number of furan rings is 2. The van der Waals surface area contributed by atoms with Crippen LogP contribution in [-0.4, -0.2) is 20.7 Å². The molecule has 0 N–H and O–H groups in total. The Labute approximate surface area is 518 Å². The molecule has 11 aromatic carbocycles. The van der Waals surface area contributed by atoms with E-state index in [4.69, 9.17) is 8.83 Å². The van der Waals surface area contributed by atoms with E-state index in [0.717, 1.165) is 94.8 Å². The summed E-state index contributed by atoms with van der Waals surface area (Å²) in [5.41, 5.74) is 21.8. The lowest BCUT2D eigenvalue weighted by Crippen LogP contribution is -2.37. The maximum Gasteiger partial charge on any atom is 0.160 e. The van der Waals surface area contributed by atoms with E-state index in [9.17, 15) is 0 Å². The SMILES string of the molecule is CC(C)(C)c1ccc(N(c2ccc([Si](C)(C)C)cc2)c2cc3c(c4c2oc2ccccc24)-c2c(cc(N(c4ccc(C(C)(C)C)cc4)c4ccc([Si](C)(C)C)cc4)c4c2oc2ccccc24)C32c3ccccc3-n3c4ccccc4c4cccc2c43)cc1. The van der Waals surface area contributed by atoms with E-state index in [1.807, 2.05) is 0 Å². The van der Waals surface area contributed by atoms with E-state index < -0.39 is 21.6 Å². The minimum Gasteiger partial charge on any atom is -0.455 e. The van der Waals surface area contributed by atoms with Gasteiger partial charge < -0.3 is 23.2 Å². The fraction of sp³-hybridized carbons (Fsp3) is 0.185. The number of fused-ring (bicyclic) bond motifs is 20. The van der Waals surface area contributed by atoms with E-state index in [1.54, 1.807) is 0 Å². The summed E-state index contributed by atoms with van der Waals surface area (Å²) in [5.74, 6) is 0. The Hall–Kier alpha value is -9.15. The minimum absolute atomic E-state index is 0.0374. The first-order valence-corrected chi connectivity index (χ1v) is 38.3. The van der Waals surface area contributed by atoms with Gasteiger partial charge in [0.15, 0.2) is 5.58 Å². The molecule has 4 heterocycles. The van der Waals surface area contributed by atoms with Crippen LogP contribution >= 0.6 is 0 Å². The van der Waals surface area contributed by atoms with Crippen molar-refractivity contribution in [3.63, 3.8) is 0 Å². The highest BCUT2D eigenvalue weighted by molar-refractivity contribution is 6.89. The van der Waals surface area contributed by atoms with Gasteiger partial charge in [0, 0.05) is 60.8 Å². The van der Waals surface area contributed by atoms with Crippen LogP contribution in [0.4, 0.5) is 34.1 Å². The van der Waals surface area contributed by atoms with E-state index in [-0.39, 0.29) is 10.8 Å². The Morgan fingerprint density at radius 2 is 0.807 bits per heavy atom. The van der Waals surface area contributed by atoms with E-state index >= 15 is 0 Å². The normalized spacial score (nSPS) is 14.9. The van der Waals surface area contributed by atoms with Crippen LogP contribution in [0.5, 0.6) is 0 Å². The number of anilines is 6. The Kier molecular flexibility index (Phi) is 11.7. The second-order valence-electron chi connectivity index (χ2n) is 28.9. The first-order valence-electron chi connectivity index (χ1n) is 31.3. The molecular formula is C81H73N3O2Si2. The molecule has 5 nitrogen and oxygen atoms in total. The molecule has 0 saturated carbocycles. The second kappa shape index (κ2) is 18.9. The van der Waals surface area contributed by atoms with Gasteiger partial charge >= 0.3 is 0 Å². The smallest absolute Gasteiger partial charge is 0.160 e. The Morgan fingerprint density at radius 3 is 1.36 bits per heavy atom. The van der Waals surface area contributed by atoms with Crippen LogP contribution in [0.1, 0.15) is 74.9 Å². The fourth-order valence-electron chi connectivity index (χ4n) is 14.9. The van der Waals surface area contributed by atoms with E-state index in [2.05, 4.69) is 320 Å². The van der Waals surface area contributed by atoms with Gasteiger partial charge in [0.25, 0.3) is 0 Å². The fourth-order valence-corrected chi connectivity index (χ4v) is 17.3. The summed E-state index contributed by atoms with van der Waals surface area (Å²) in [5, 5.41) is 9.54. The summed E-state index contributed by atoms with van der Waals surface area (Å²) in [6.07, 6.45) is 0. The lowest BCUT2D eigenvalue weighted by Gasteiger charge is -2.40. The molecule has 0 amide bonds. The summed E-state index contributed by atoms with van der Waals surface area (Å²) in [6.45, 7) is 28.4. The predicted octanol–water partition coefficient (Wildman–Crippen LogP) is 21.9. The van der Waals surface area contributed by atoms with Gasteiger partial charge in [-0.1, -0.05) is 231 Å². The van der Waals surface area contributed by atoms with Crippen LogP contribution in [0.3, 0.4) is 0 Å². The van der Waals surface area contributed by atoms with Crippen molar-refractivity contribution < 1.29 is 8.83 Å². The number of rotatable bonds is 8. The molecule has 1 spiro atoms. The number of hydrogen-bond acceptors (Lipinski definition) is 4. The quantitative estimate of drug-likeness (QED) is 0.142. The van der Waals surface area contributed by atoms with Gasteiger partial charge in [-0.15, -0.1) is 0 Å². The molecule has 1 aliphatic carbocycles. The highest BCUT2D eigenvalue weighted by Crippen LogP contribution is 2.67.